The van der Waals surface area contributed by atoms with Crippen LogP contribution in [0.3, 0.4) is 0 Å². The lowest BCUT2D eigenvalue weighted by Gasteiger charge is -2.05. The number of rotatable bonds is 1. The maximum absolute atomic E-state index is 5.66. The minimum absolute atomic E-state index is 0.556. The van der Waals surface area contributed by atoms with Crippen LogP contribution < -0.4 is 5.73 Å². The fourth-order valence-electron chi connectivity index (χ4n) is 1.29. The van der Waals surface area contributed by atoms with E-state index in [-0.39, 0.29) is 0 Å². The molecule has 1 rings (SSSR count). The summed E-state index contributed by atoms with van der Waals surface area (Å²) < 4.78 is 0. The van der Waals surface area contributed by atoms with E-state index in [1.165, 1.54) is 0 Å². The average Bonchev–Trinajstić information content (AvgIpc) is 2.11. The molecule has 0 aliphatic rings. The molecule has 0 bridgehead atoms. The van der Waals surface area contributed by atoms with Gasteiger partial charge in [0.05, 0.1) is 0 Å². The summed E-state index contributed by atoms with van der Waals surface area (Å²) in [5, 5.41) is 0. The van der Waals surface area contributed by atoms with Crippen LogP contribution in [0.2, 0.25) is 0 Å². The highest BCUT2D eigenvalue weighted by molar-refractivity contribution is 5.49. The summed E-state index contributed by atoms with van der Waals surface area (Å²) in [6.45, 7) is 5.92. The average molecular weight is 174 g/mol. The Kier molecular flexibility index (Phi) is 2.92. The molecule has 2 N–H and O–H groups in total. The van der Waals surface area contributed by atoms with Crippen LogP contribution in [0.4, 0.5) is 5.82 Å². The Labute approximate surface area is 79.2 Å². The minimum Gasteiger partial charge on any atom is -0.384 e. The highest BCUT2D eigenvalue weighted by atomic mass is 14.8. The van der Waals surface area contributed by atoms with Crippen molar-refractivity contribution in [3.63, 3.8) is 0 Å². The van der Waals surface area contributed by atoms with E-state index in [4.69, 9.17) is 5.73 Å². The Hall–Kier alpha value is -1.49. The van der Waals surface area contributed by atoms with Crippen molar-refractivity contribution in [3.05, 3.63) is 22.9 Å². The predicted octanol–water partition coefficient (Wildman–Crippen LogP) is 1.91. The van der Waals surface area contributed by atoms with Crippen LogP contribution in [0.1, 0.15) is 30.7 Å². The van der Waals surface area contributed by atoms with Gasteiger partial charge in [0.15, 0.2) is 0 Å². The fourth-order valence-corrected chi connectivity index (χ4v) is 1.29. The highest BCUT2D eigenvalue weighted by Crippen LogP contribution is 2.14. The van der Waals surface area contributed by atoms with Gasteiger partial charge in [-0.1, -0.05) is 12.8 Å². The van der Waals surface area contributed by atoms with Gasteiger partial charge in [-0.25, -0.2) is 4.98 Å². The number of pyridine rings is 1. The van der Waals surface area contributed by atoms with Gasteiger partial charge in [0.25, 0.3) is 0 Å². The van der Waals surface area contributed by atoms with Crippen molar-refractivity contribution in [2.75, 3.05) is 5.73 Å². The molecule has 0 spiro atoms. The number of nitrogens with zero attached hydrogens (tertiary/aromatic N) is 1. The number of nitrogens with two attached hydrogens (primary N) is 1. The summed E-state index contributed by atoms with van der Waals surface area (Å²) in [4.78, 5) is 4.24. The van der Waals surface area contributed by atoms with Crippen molar-refractivity contribution in [2.24, 2.45) is 0 Å². The van der Waals surface area contributed by atoms with Crippen molar-refractivity contribution in [3.8, 4) is 11.8 Å². The van der Waals surface area contributed by atoms with E-state index in [9.17, 15) is 0 Å². The SMILES string of the molecule is CC#Cc1cc(N)nc(CC)c1C. The van der Waals surface area contributed by atoms with Crippen LogP contribution in [0.15, 0.2) is 6.07 Å². The van der Waals surface area contributed by atoms with Gasteiger partial charge in [0.2, 0.25) is 0 Å². The molecule has 1 heterocycles. The van der Waals surface area contributed by atoms with E-state index >= 15 is 0 Å². The molecule has 0 saturated heterocycles. The van der Waals surface area contributed by atoms with Crippen molar-refractivity contribution in [1.29, 1.82) is 0 Å². The molecule has 2 nitrogen and oxygen atoms in total. The summed E-state index contributed by atoms with van der Waals surface area (Å²) in [6, 6.07) is 1.82. The third-order valence-corrected chi connectivity index (χ3v) is 1.99. The first-order chi connectivity index (χ1) is 6.19. The molecule has 0 radical (unpaired) electrons. The topological polar surface area (TPSA) is 38.9 Å². The second-order valence-electron chi connectivity index (χ2n) is 2.89. The van der Waals surface area contributed by atoms with Crippen molar-refractivity contribution >= 4 is 5.82 Å². The molecule has 1 aromatic rings. The summed E-state index contributed by atoms with van der Waals surface area (Å²) in [7, 11) is 0. The molecule has 1 aromatic heterocycles. The van der Waals surface area contributed by atoms with Gasteiger partial charge in [0, 0.05) is 11.3 Å². The van der Waals surface area contributed by atoms with Crippen LogP contribution in [0.25, 0.3) is 0 Å². The number of aromatic nitrogens is 1. The van der Waals surface area contributed by atoms with Gasteiger partial charge >= 0.3 is 0 Å². The summed E-state index contributed by atoms with van der Waals surface area (Å²) >= 11 is 0. The second-order valence-corrected chi connectivity index (χ2v) is 2.89. The van der Waals surface area contributed by atoms with Crippen LogP contribution in [-0.4, -0.2) is 4.98 Å². The normalized spacial score (nSPS) is 9.15. The second kappa shape index (κ2) is 3.95. The van der Waals surface area contributed by atoms with Crippen molar-refractivity contribution in [1.82, 2.24) is 4.98 Å². The number of anilines is 1. The lowest BCUT2D eigenvalue weighted by Crippen LogP contribution is -2.00. The van der Waals surface area contributed by atoms with Gasteiger partial charge < -0.3 is 5.73 Å². The lowest BCUT2D eigenvalue weighted by atomic mass is 10.1. The molecule has 68 valence electrons. The molecule has 2 heteroatoms. The number of nitrogen functional groups attached to an aromatic ring is 1. The van der Waals surface area contributed by atoms with Gasteiger partial charge in [-0.15, -0.1) is 5.92 Å². The Morgan fingerprint density at radius 1 is 1.54 bits per heavy atom. The zero-order chi connectivity index (χ0) is 9.84. The van der Waals surface area contributed by atoms with Crippen LogP contribution in [-0.2, 0) is 6.42 Å². The zero-order valence-corrected chi connectivity index (χ0v) is 8.31. The summed E-state index contributed by atoms with van der Waals surface area (Å²) in [6.07, 6.45) is 0.898. The van der Waals surface area contributed by atoms with E-state index in [0.717, 1.165) is 23.2 Å². The Morgan fingerprint density at radius 3 is 2.77 bits per heavy atom. The fraction of sp³-hybridized carbons (Fsp3) is 0.364. The Bertz CT molecular complexity index is 370. The first-order valence-electron chi connectivity index (χ1n) is 4.37. The maximum Gasteiger partial charge on any atom is 0.124 e. The van der Waals surface area contributed by atoms with Crippen molar-refractivity contribution < 1.29 is 0 Å². The van der Waals surface area contributed by atoms with E-state index in [1.807, 2.05) is 19.9 Å². The third-order valence-electron chi connectivity index (χ3n) is 1.99. The minimum atomic E-state index is 0.556. The largest absolute Gasteiger partial charge is 0.384 e. The molecule has 13 heavy (non-hydrogen) atoms. The van der Waals surface area contributed by atoms with Crippen molar-refractivity contribution in [2.45, 2.75) is 27.2 Å². The molecule has 0 amide bonds. The molecule has 0 fully saturated rings. The predicted molar refractivity (Wildman–Crippen MR) is 55.3 cm³/mol. The standard InChI is InChI=1S/C11H14N2/c1-4-6-9-7-11(12)13-10(5-2)8(9)3/h7H,5H2,1-3H3,(H2,12,13). The molecular weight excluding hydrogens is 160 g/mol. The Balaban J connectivity index is 3.32. The lowest BCUT2D eigenvalue weighted by molar-refractivity contribution is 1.01. The Morgan fingerprint density at radius 2 is 2.23 bits per heavy atom. The number of aryl methyl sites for hydroxylation is 1. The number of hydrogen-bond acceptors (Lipinski definition) is 2. The van der Waals surface area contributed by atoms with Gasteiger partial charge in [-0.05, 0) is 31.9 Å². The van der Waals surface area contributed by atoms with E-state index in [1.54, 1.807) is 0 Å². The molecule has 0 saturated carbocycles. The van der Waals surface area contributed by atoms with E-state index < -0.39 is 0 Å². The monoisotopic (exact) mass is 174 g/mol. The highest BCUT2D eigenvalue weighted by Gasteiger charge is 2.03. The van der Waals surface area contributed by atoms with Crippen LogP contribution in [0.5, 0.6) is 0 Å². The van der Waals surface area contributed by atoms with Gasteiger partial charge in [-0.2, -0.15) is 0 Å². The molecule has 0 atom stereocenters. The summed E-state index contributed by atoms with van der Waals surface area (Å²) in [5.41, 5.74) is 8.83. The van der Waals surface area contributed by atoms with E-state index in [2.05, 4.69) is 23.7 Å². The van der Waals surface area contributed by atoms with Crippen LogP contribution in [0, 0.1) is 18.8 Å². The maximum atomic E-state index is 5.66. The molecule has 0 aliphatic carbocycles. The van der Waals surface area contributed by atoms with Gasteiger partial charge in [0.1, 0.15) is 5.82 Å². The smallest absolute Gasteiger partial charge is 0.124 e. The first kappa shape index (κ1) is 9.60. The molecule has 0 aromatic carbocycles. The number of hydrogen-bond donors (Lipinski definition) is 1. The quantitative estimate of drug-likeness (QED) is 0.660. The van der Waals surface area contributed by atoms with Gasteiger partial charge in [-0.3, -0.25) is 0 Å². The molecule has 0 unspecified atom stereocenters. The molecular formula is C11H14N2. The molecule has 0 aliphatic heterocycles. The summed E-state index contributed by atoms with van der Waals surface area (Å²) in [5.74, 6) is 6.45. The van der Waals surface area contributed by atoms with Crippen LogP contribution >= 0.6 is 0 Å². The zero-order valence-electron chi connectivity index (χ0n) is 8.31. The third kappa shape index (κ3) is 2.00. The van der Waals surface area contributed by atoms with E-state index in [0.29, 0.717) is 5.82 Å². The first-order valence-corrected chi connectivity index (χ1v) is 4.37.